The van der Waals surface area contributed by atoms with Crippen LogP contribution in [0.3, 0.4) is 0 Å². The van der Waals surface area contributed by atoms with E-state index in [0.29, 0.717) is 0 Å². The molecule has 3 aromatic carbocycles. The lowest BCUT2D eigenvalue weighted by Gasteiger charge is -2.44. The number of benzene rings is 3. The number of rotatable bonds is 1. The molecule has 0 amide bonds. The zero-order chi connectivity index (χ0) is 21.1. The molecular formula is C29H19N3. The van der Waals surface area contributed by atoms with Crippen molar-refractivity contribution in [3.63, 3.8) is 0 Å². The van der Waals surface area contributed by atoms with Crippen LogP contribution in [-0.4, -0.2) is 9.97 Å². The van der Waals surface area contributed by atoms with Crippen molar-refractivity contribution in [2.45, 2.75) is 5.41 Å². The van der Waals surface area contributed by atoms with Crippen molar-refractivity contribution in [1.82, 2.24) is 9.97 Å². The van der Waals surface area contributed by atoms with Gasteiger partial charge in [0.1, 0.15) is 0 Å². The van der Waals surface area contributed by atoms with E-state index < -0.39 is 5.41 Å². The Balaban J connectivity index is 1.67. The molecule has 1 aliphatic heterocycles. The van der Waals surface area contributed by atoms with Crippen molar-refractivity contribution in [3.05, 3.63) is 138 Å². The van der Waals surface area contributed by atoms with Crippen molar-refractivity contribution in [2.24, 2.45) is 0 Å². The van der Waals surface area contributed by atoms with Crippen LogP contribution in [0.15, 0.2) is 116 Å². The molecule has 150 valence electrons. The molecule has 2 aromatic heterocycles. The number of nitrogens with zero attached hydrogens (tertiary/aromatic N) is 3. The largest absolute Gasteiger partial charge is 0.310 e. The molecule has 0 unspecified atom stereocenters. The van der Waals surface area contributed by atoms with Gasteiger partial charge in [0.15, 0.2) is 0 Å². The average molecular weight is 409 g/mol. The smallest absolute Gasteiger partial charge is 0.0784 e. The SMILES string of the molecule is c1ccc(N2c3ccccc3C3(c4cnccc4-c4ccncc43)c3ccccc32)cc1. The van der Waals surface area contributed by atoms with Crippen LogP contribution < -0.4 is 4.90 Å². The van der Waals surface area contributed by atoms with Crippen LogP contribution in [0.1, 0.15) is 22.3 Å². The Morgan fingerprint density at radius 2 is 1.00 bits per heavy atom. The molecule has 2 aliphatic rings. The fourth-order valence-corrected chi connectivity index (χ4v) is 5.68. The first-order valence-electron chi connectivity index (χ1n) is 10.8. The predicted octanol–water partition coefficient (Wildman–Crippen LogP) is 6.62. The molecule has 0 saturated carbocycles. The molecule has 0 radical (unpaired) electrons. The molecule has 0 N–H and O–H groups in total. The van der Waals surface area contributed by atoms with Crippen molar-refractivity contribution in [3.8, 4) is 11.1 Å². The van der Waals surface area contributed by atoms with E-state index in [2.05, 4.69) is 106 Å². The Bertz CT molecular complexity index is 1390. The molecule has 1 aliphatic carbocycles. The third kappa shape index (κ3) is 2.05. The maximum absolute atomic E-state index is 4.58. The average Bonchev–Trinajstić information content (AvgIpc) is 3.16. The molecule has 0 bridgehead atoms. The summed E-state index contributed by atoms with van der Waals surface area (Å²) < 4.78 is 0. The summed E-state index contributed by atoms with van der Waals surface area (Å²) >= 11 is 0. The molecule has 0 atom stereocenters. The van der Waals surface area contributed by atoms with Gasteiger partial charge < -0.3 is 4.90 Å². The predicted molar refractivity (Wildman–Crippen MR) is 128 cm³/mol. The van der Waals surface area contributed by atoms with E-state index in [1.165, 1.54) is 44.8 Å². The molecular weight excluding hydrogens is 390 g/mol. The van der Waals surface area contributed by atoms with E-state index in [0.717, 1.165) is 5.69 Å². The highest BCUT2D eigenvalue weighted by Gasteiger charge is 2.51. The Kier molecular flexibility index (Phi) is 3.48. The monoisotopic (exact) mass is 409 g/mol. The van der Waals surface area contributed by atoms with Gasteiger partial charge in [-0.1, -0.05) is 54.6 Å². The van der Waals surface area contributed by atoms with E-state index in [1.54, 1.807) is 0 Å². The summed E-state index contributed by atoms with van der Waals surface area (Å²) in [4.78, 5) is 11.5. The van der Waals surface area contributed by atoms with Gasteiger partial charge in [0.05, 0.1) is 16.8 Å². The molecule has 3 nitrogen and oxygen atoms in total. The number of anilines is 3. The molecule has 0 saturated heterocycles. The molecule has 7 rings (SSSR count). The summed E-state index contributed by atoms with van der Waals surface area (Å²) in [6, 6.07) is 32.4. The van der Waals surface area contributed by atoms with Gasteiger partial charge in [-0.25, -0.2) is 0 Å². The number of hydrogen-bond donors (Lipinski definition) is 0. The lowest BCUT2D eigenvalue weighted by molar-refractivity contribution is 0.744. The summed E-state index contributed by atoms with van der Waals surface area (Å²) in [5.41, 5.74) is 10.5. The molecule has 32 heavy (non-hydrogen) atoms. The second kappa shape index (κ2) is 6.38. The molecule has 3 heteroatoms. The minimum absolute atomic E-state index is 0.453. The summed E-state index contributed by atoms with van der Waals surface area (Å²) in [6.45, 7) is 0. The van der Waals surface area contributed by atoms with Crippen LogP contribution in [0.2, 0.25) is 0 Å². The Labute approximate surface area is 186 Å². The van der Waals surface area contributed by atoms with Crippen LogP contribution in [0.25, 0.3) is 11.1 Å². The second-order valence-corrected chi connectivity index (χ2v) is 8.30. The highest BCUT2D eigenvalue weighted by molar-refractivity contribution is 5.95. The first kappa shape index (κ1) is 17.4. The van der Waals surface area contributed by atoms with Crippen LogP contribution in [0.4, 0.5) is 17.1 Å². The highest BCUT2D eigenvalue weighted by Crippen LogP contribution is 2.62. The quantitative estimate of drug-likeness (QED) is 0.305. The normalized spacial score (nSPS) is 14.4. The number of pyridine rings is 2. The topological polar surface area (TPSA) is 29.0 Å². The van der Waals surface area contributed by atoms with Crippen molar-refractivity contribution >= 4 is 17.1 Å². The first-order valence-corrected chi connectivity index (χ1v) is 10.8. The fraction of sp³-hybridized carbons (Fsp3) is 0.0345. The number of para-hydroxylation sites is 3. The van der Waals surface area contributed by atoms with Gasteiger partial charge in [0.2, 0.25) is 0 Å². The highest BCUT2D eigenvalue weighted by atomic mass is 15.2. The number of hydrogen-bond acceptors (Lipinski definition) is 3. The van der Waals surface area contributed by atoms with Crippen LogP contribution in [0.5, 0.6) is 0 Å². The minimum Gasteiger partial charge on any atom is -0.310 e. The van der Waals surface area contributed by atoms with E-state index in [4.69, 9.17) is 0 Å². The van der Waals surface area contributed by atoms with Gasteiger partial charge in [-0.05, 0) is 69.8 Å². The Morgan fingerprint density at radius 1 is 0.500 bits per heavy atom. The van der Waals surface area contributed by atoms with Crippen molar-refractivity contribution < 1.29 is 0 Å². The van der Waals surface area contributed by atoms with Crippen molar-refractivity contribution in [1.29, 1.82) is 0 Å². The zero-order valence-electron chi connectivity index (χ0n) is 17.3. The fourth-order valence-electron chi connectivity index (χ4n) is 5.68. The third-order valence-electron chi connectivity index (χ3n) is 6.85. The van der Waals surface area contributed by atoms with Crippen LogP contribution in [-0.2, 0) is 5.41 Å². The standard InChI is InChI=1S/C29H19N3/c1-2-8-20(9-3-1)32-27-12-6-4-10-23(27)29(24-11-5-7-13-28(24)32)25-18-30-16-14-21(25)22-15-17-31-19-26(22)29/h1-19H. The Morgan fingerprint density at radius 3 is 1.56 bits per heavy atom. The van der Waals surface area contributed by atoms with E-state index >= 15 is 0 Å². The lowest BCUT2D eigenvalue weighted by atomic mass is 9.65. The van der Waals surface area contributed by atoms with E-state index in [1.807, 2.05) is 24.8 Å². The van der Waals surface area contributed by atoms with Gasteiger partial charge in [-0.3, -0.25) is 9.97 Å². The zero-order valence-corrected chi connectivity index (χ0v) is 17.3. The Hall–Kier alpha value is -4.24. The minimum atomic E-state index is -0.453. The summed E-state index contributed by atoms with van der Waals surface area (Å²) in [5, 5.41) is 0. The number of fused-ring (bicyclic) bond motifs is 9. The third-order valence-corrected chi connectivity index (χ3v) is 6.85. The molecule has 0 fully saturated rings. The summed E-state index contributed by atoms with van der Waals surface area (Å²) in [7, 11) is 0. The molecule has 3 heterocycles. The van der Waals surface area contributed by atoms with Gasteiger partial charge in [-0.15, -0.1) is 0 Å². The molecule has 5 aromatic rings. The van der Waals surface area contributed by atoms with Crippen molar-refractivity contribution in [2.75, 3.05) is 4.90 Å². The molecule has 1 spiro atoms. The maximum Gasteiger partial charge on any atom is 0.0784 e. The van der Waals surface area contributed by atoms with E-state index in [-0.39, 0.29) is 0 Å². The summed E-state index contributed by atoms with van der Waals surface area (Å²) in [5.74, 6) is 0. The van der Waals surface area contributed by atoms with Gasteiger partial charge in [-0.2, -0.15) is 0 Å². The van der Waals surface area contributed by atoms with Gasteiger partial charge in [0.25, 0.3) is 0 Å². The van der Waals surface area contributed by atoms with E-state index in [9.17, 15) is 0 Å². The first-order chi connectivity index (χ1) is 15.9. The maximum atomic E-state index is 4.58. The van der Waals surface area contributed by atoms with Crippen LogP contribution in [0, 0.1) is 0 Å². The van der Waals surface area contributed by atoms with Gasteiger partial charge >= 0.3 is 0 Å². The van der Waals surface area contributed by atoms with Crippen LogP contribution >= 0.6 is 0 Å². The lowest BCUT2D eigenvalue weighted by Crippen LogP contribution is -2.36. The number of aromatic nitrogens is 2. The summed E-state index contributed by atoms with van der Waals surface area (Å²) in [6.07, 6.45) is 7.86. The van der Waals surface area contributed by atoms with Gasteiger partial charge in [0, 0.05) is 30.5 Å². The second-order valence-electron chi connectivity index (χ2n) is 8.30.